The topological polar surface area (TPSA) is 46.6 Å². The van der Waals surface area contributed by atoms with Crippen LogP contribution in [-0.4, -0.2) is 36.6 Å². The zero-order valence-electron chi connectivity index (χ0n) is 15.3. The van der Waals surface area contributed by atoms with Crippen molar-refractivity contribution in [3.8, 4) is 0 Å². The SMILES string of the molecule is CN(C)C(=O)[C@@H](OC(=O)CSc1ccc2ccccc2c1)c1ccccc1. The molecule has 3 aromatic rings. The number of rotatable bonds is 6. The quantitative estimate of drug-likeness (QED) is 0.473. The number of thioether (sulfide) groups is 1. The number of ether oxygens (including phenoxy) is 1. The summed E-state index contributed by atoms with van der Waals surface area (Å²) in [6.45, 7) is 0. The van der Waals surface area contributed by atoms with Gasteiger partial charge in [0.1, 0.15) is 0 Å². The van der Waals surface area contributed by atoms with Gasteiger partial charge in [0.05, 0.1) is 5.75 Å². The molecular weight excluding hydrogens is 358 g/mol. The van der Waals surface area contributed by atoms with Crippen molar-refractivity contribution in [2.24, 2.45) is 0 Å². The van der Waals surface area contributed by atoms with E-state index in [1.165, 1.54) is 16.7 Å². The molecule has 0 bridgehead atoms. The predicted octanol–water partition coefficient (Wildman–Crippen LogP) is 4.30. The summed E-state index contributed by atoms with van der Waals surface area (Å²) in [5, 5.41) is 2.28. The van der Waals surface area contributed by atoms with Gasteiger partial charge in [0.25, 0.3) is 5.91 Å². The molecule has 0 unspecified atom stereocenters. The number of nitrogens with zero attached hydrogens (tertiary/aromatic N) is 1. The second-order valence-electron chi connectivity index (χ2n) is 6.31. The Morgan fingerprint density at radius 3 is 2.30 bits per heavy atom. The standard InChI is InChI=1S/C22H21NO3S/c1-23(2)22(25)21(17-9-4-3-5-10-17)26-20(24)15-27-19-13-12-16-8-6-7-11-18(16)14-19/h3-14,21H,15H2,1-2H3/t21-/m0/s1. The molecule has 0 aliphatic heterocycles. The summed E-state index contributed by atoms with van der Waals surface area (Å²) in [4.78, 5) is 27.2. The highest BCUT2D eigenvalue weighted by atomic mass is 32.2. The van der Waals surface area contributed by atoms with Crippen LogP contribution in [0.2, 0.25) is 0 Å². The fourth-order valence-electron chi connectivity index (χ4n) is 2.69. The minimum Gasteiger partial charge on any atom is -0.447 e. The molecule has 0 heterocycles. The molecule has 0 radical (unpaired) electrons. The molecule has 0 saturated carbocycles. The first-order chi connectivity index (χ1) is 13.0. The average molecular weight is 379 g/mol. The van der Waals surface area contributed by atoms with Crippen molar-refractivity contribution in [2.75, 3.05) is 19.8 Å². The average Bonchev–Trinajstić information content (AvgIpc) is 2.70. The molecule has 1 atom stereocenters. The Hall–Kier alpha value is -2.79. The van der Waals surface area contributed by atoms with E-state index in [9.17, 15) is 9.59 Å². The Bertz CT molecular complexity index is 940. The van der Waals surface area contributed by atoms with Crippen LogP contribution in [0, 0.1) is 0 Å². The summed E-state index contributed by atoms with van der Waals surface area (Å²) in [6, 6.07) is 23.2. The molecule has 138 valence electrons. The summed E-state index contributed by atoms with van der Waals surface area (Å²) >= 11 is 1.40. The molecule has 0 aromatic heterocycles. The Kier molecular flexibility index (Phi) is 6.14. The van der Waals surface area contributed by atoms with Crippen molar-refractivity contribution in [3.05, 3.63) is 78.4 Å². The molecule has 27 heavy (non-hydrogen) atoms. The fourth-order valence-corrected chi connectivity index (χ4v) is 3.42. The van der Waals surface area contributed by atoms with Crippen molar-refractivity contribution in [2.45, 2.75) is 11.0 Å². The Labute approximate surface area is 163 Å². The second-order valence-corrected chi connectivity index (χ2v) is 7.36. The van der Waals surface area contributed by atoms with Crippen molar-refractivity contribution in [1.29, 1.82) is 0 Å². The van der Waals surface area contributed by atoms with Crippen molar-refractivity contribution >= 4 is 34.4 Å². The molecule has 5 heteroatoms. The van der Waals surface area contributed by atoms with Crippen LogP contribution >= 0.6 is 11.8 Å². The molecule has 4 nitrogen and oxygen atoms in total. The van der Waals surface area contributed by atoms with E-state index >= 15 is 0 Å². The largest absolute Gasteiger partial charge is 0.447 e. The van der Waals surface area contributed by atoms with E-state index in [-0.39, 0.29) is 11.7 Å². The smallest absolute Gasteiger partial charge is 0.317 e. The monoisotopic (exact) mass is 379 g/mol. The van der Waals surface area contributed by atoms with Crippen molar-refractivity contribution < 1.29 is 14.3 Å². The van der Waals surface area contributed by atoms with Crippen molar-refractivity contribution in [1.82, 2.24) is 4.90 Å². The third kappa shape index (κ3) is 4.89. The summed E-state index contributed by atoms with van der Waals surface area (Å²) in [6.07, 6.45) is -0.925. The van der Waals surface area contributed by atoms with E-state index in [1.807, 2.05) is 54.6 Å². The van der Waals surface area contributed by atoms with E-state index in [0.717, 1.165) is 15.7 Å². The van der Waals surface area contributed by atoms with Gasteiger partial charge in [-0.3, -0.25) is 9.59 Å². The molecule has 0 aliphatic carbocycles. The molecular formula is C22H21NO3S. The second kappa shape index (κ2) is 8.73. The number of fused-ring (bicyclic) bond motifs is 1. The predicted molar refractivity (Wildman–Crippen MR) is 109 cm³/mol. The normalized spacial score (nSPS) is 11.8. The number of esters is 1. The van der Waals surface area contributed by atoms with Gasteiger partial charge >= 0.3 is 5.97 Å². The van der Waals surface area contributed by atoms with Gasteiger partial charge in [0.2, 0.25) is 6.10 Å². The number of carbonyl (C=O) groups excluding carboxylic acids is 2. The first-order valence-electron chi connectivity index (χ1n) is 8.62. The Morgan fingerprint density at radius 2 is 1.59 bits per heavy atom. The van der Waals surface area contributed by atoms with Crippen LogP contribution in [-0.2, 0) is 14.3 Å². The highest BCUT2D eigenvalue weighted by Gasteiger charge is 2.26. The molecule has 0 spiro atoms. The number of hydrogen-bond donors (Lipinski definition) is 0. The van der Waals surface area contributed by atoms with Gasteiger partial charge in [-0.2, -0.15) is 0 Å². The Morgan fingerprint density at radius 1 is 0.926 bits per heavy atom. The van der Waals surface area contributed by atoms with Crippen LogP contribution < -0.4 is 0 Å². The van der Waals surface area contributed by atoms with Gasteiger partial charge in [-0.25, -0.2) is 0 Å². The zero-order valence-corrected chi connectivity index (χ0v) is 16.1. The van der Waals surface area contributed by atoms with E-state index in [1.54, 1.807) is 26.2 Å². The minimum atomic E-state index is -0.925. The Balaban J connectivity index is 1.67. The van der Waals surface area contributed by atoms with Crippen LogP contribution in [0.25, 0.3) is 10.8 Å². The van der Waals surface area contributed by atoms with Crippen LogP contribution in [0.4, 0.5) is 0 Å². The van der Waals surface area contributed by atoms with Crippen LogP contribution in [0.5, 0.6) is 0 Å². The summed E-state index contributed by atoms with van der Waals surface area (Å²) < 4.78 is 5.52. The number of benzene rings is 3. The third-order valence-electron chi connectivity index (χ3n) is 4.09. The summed E-state index contributed by atoms with van der Waals surface area (Å²) in [5.41, 5.74) is 0.667. The van der Waals surface area contributed by atoms with Gasteiger partial charge in [-0.1, -0.05) is 60.7 Å². The number of carbonyl (C=O) groups is 2. The van der Waals surface area contributed by atoms with E-state index in [2.05, 4.69) is 6.07 Å². The van der Waals surface area contributed by atoms with Gasteiger partial charge in [-0.05, 0) is 22.9 Å². The third-order valence-corrected chi connectivity index (χ3v) is 5.06. The number of amides is 1. The fraction of sp³-hybridized carbons (Fsp3) is 0.182. The summed E-state index contributed by atoms with van der Waals surface area (Å²) in [5.74, 6) is -0.537. The molecule has 1 amide bonds. The van der Waals surface area contributed by atoms with Gasteiger partial charge in [-0.15, -0.1) is 11.8 Å². The van der Waals surface area contributed by atoms with E-state index < -0.39 is 12.1 Å². The van der Waals surface area contributed by atoms with E-state index in [4.69, 9.17) is 4.74 Å². The lowest BCUT2D eigenvalue weighted by atomic mass is 10.1. The van der Waals surface area contributed by atoms with Gasteiger partial charge in [0.15, 0.2) is 0 Å². The molecule has 3 aromatic carbocycles. The molecule has 0 N–H and O–H groups in total. The van der Waals surface area contributed by atoms with E-state index in [0.29, 0.717) is 5.56 Å². The molecule has 0 fully saturated rings. The van der Waals surface area contributed by atoms with Crippen LogP contribution in [0.3, 0.4) is 0 Å². The van der Waals surface area contributed by atoms with Gasteiger partial charge in [0, 0.05) is 24.6 Å². The lowest BCUT2D eigenvalue weighted by Gasteiger charge is -2.21. The highest BCUT2D eigenvalue weighted by Crippen LogP contribution is 2.25. The first-order valence-corrected chi connectivity index (χ1v) is 9.60. The zero-order chi connectivity index (χ0) is 19.2. The molecule has 0 aliphatic rings. The maximum atomic E-state index is 12.4. The highest BCUT2D eigenvalue weighted by molar-refractivity contribution is 8.00. The minimum absolute atomic E-state index is 0.141. The molecule has 0 saturated heterocycles. The number of hydrogen-bond acceptors (Lipinski definition) is 4. The first kappa shape index (κ1) is 19.0. The van der Waals surface area contributed by atoms with Crippen LogP contribution in [0.1, 0.15) is 11.7 Å². The van der Waals surface area contributed by atoms with Crippen molar-refractivity contribution in [3.63, 3.8) is 0 Å². The lowest BCUT2D eigenvalue weighted by Crippen LogP contribution is -2.31. The summed E-state index contributed by atoms with van der Waals surface area (Å²) in [7, 11) is 3.30. The van der Waals surface area contributed by atoms with Crippen LogP contribution in [0.15, 0.2) is 77.7 Å². The lowest BCUT2D eigenvalue weighted by molar-refractivity contribution is -0.157. The maximum Gasteiger partial charge on any atom is 0.317 e. The van der Waals surface area contributed by atoms with Gasteiger partial charge < -0.3 is 9.64 Å². The maximum absolute atomic E-state index is 12.4. The number of likely N-dealkylation sites (N-methyl/N-ethyl adjacent to an activating group) is 1. The molecule has 3 rings (SSSR count).